The van der Waals surface area contributed by atoms with Gasteiger partial charge in [0.05, 0.1) is 20.4 Å². The molecule has 1 aliphatic rings. The van der Waals surface area contributed by atoms with Crippen molar-refractivity contribution in [3.05, 3.63) is 97.9 Å². The largest absolute Gasteiger partial charge is 0.298 e. The van der Waals surface area contributed by atoms with Crippen LogP contribution in [0.1, 0.15) is 11.1 Å². The quantitative estimate of drug-likeness (QED) is 0.222. The standard InChI is InChI=1S/C23H15ClN2O4S2/c1-14-2-9-18(10-3-14)31-20-11-4-15(12-19(20)26(29)30)13-21-22(27)25(23(28)32-21)17-7-5-16(24)6-8-17/h2-13H,1H3. The number of amides is 2. The van der Waals surface area contributed by atoms with Gasteiger partial charge in [-0.15, -0.1) is 0 Å². The third kappa shape index (κ3) is 4.72. The zero-order valence-corrected chi connectivity index (χ0v) is 19.0. The van der Waals surface area contributed by atoms with Gasteiger partial charge in [-0.2, -0.15) is 0 Å². The molecule has 0 atom stereocenters. The highest BCUT2D eigenvalue weighted by atomic mass is 35.5. The minimum absolute atomic E-state index is 0.0683. The summed E-state index contributed by atoms with van der Waals surface area (Å²) in [4.78, 5) is 39.1. The summed E-state index contributed by atoms with van der Waals surface area (Å²) in [5.41, 5.74) is 1.91. The first-order chi connectivity index (χ1) is 15.3. The lowest BCUT2D eigenvalue weighted by Crippen LogP contribution is -2.27. The van der Waals surface area contributed by atoms with Crippen molar-refractivity contribution in [2.45, 2.75) is 16.7 Å². The summed E-state index contributed by atoms with van der Waals surface area (Å²) in [5.74, 6) is -0.483. The van der Waals surface area contributed by atoms with E-state index in [9.17, 15) is 19.7 Å². The molecule has 1 heterocycles. The lowest BCUT2D eigenvalue weighted by atomic mass is 10.2. The van der Waals surface area contributed by atoms with Crippen LogP contribution in [-0.4, -0.2) is 16.1 Å². The molecular weight excluding hydrogens is 468 g/mol. The highest BCUT2D eigenvalue weighted by molar-refractivity contribution is 8.19. The van der Waals surface area contributed by atoms with Crippen molar-refractivity contribution in [1.29, 1.82) is 0 Å². The predicted octanol–water partition coefficient (Wildman–Crippen LogP) is 6.95. The fraction of sp³-hybridized carbons (Fsp3) is 0.0435. The fourth-order valence-corrected chi connectivity index (χ4v) is 4.89. The number of aryl methyl sites for hydroxylation is 1. The van der Waals surface area contributed by atoms with Crippen LogP contribution < -0.4 is 4.90 Å². The van der Waals surface area contributed by atoms with Crippen molar-refractivity contribution >= 4 is 63.7 Å². The number of thioether (sulfide) groups is 1. The average Bonchev–Trinajstić information content (AvgIpc) is 3.04. The van der Waals surface area contributed by atoms with Crippen molar-refractivity contribution in [3.8, 4) is 0 Å². The molecule has 0 N–H and O–H groups in total. The second-order valence-corrected chi connectivity index (χ2v) is 9.44. The van der Waals surface area contributed by atoms with E-state index in [1.165, 1.54) is 23.9 Å². The van der Waals surface area contributed by atoms with E-state index in [2.05, 4.69) is 0 Å². The zero-order chi connectivity index (χ0) is 22.8. The van der Waals surface area contributed by atoms with Gasteiger partial charge >= 0.3 is 0 Å². The summed E-state index contributed by atoms with van der Waals surface area (Å²) in [6, 6.07) is 18.8. The molecule has 32 heavy (non-hydrogen) atoms. The zero-order valence-electron chi connectivity index (χ0n) is 16.7. The molecule has 160 valence electrons. The maximum Gasteiger partial charge on any atom is 0.298 e. The number of carbonyl (C=O) groups excluding carboxylic acids is 2. The lowest BCUT2D eigenvalue weighted by Gasteiger charge is -2.12. The number of nitrogens with zero attached hydrogens (tertiary/aromatic N) is 2. The summed E-state index contributed by atoms with van der Waals surface area (Å²) in [5, 5.41) is 11.7. The van der Waals surface area contributed by atoms with Crippen LogP contribution in [0.5, 0.6) is 0 Å². The number of rotatable bonds is 5. The summed E-state index contributed by atoms with van der Waals surface area (Å²) in [6.45, 7) is 1.97. The number of anilines is 1. The molecule has 1 saturated heterocycles. The van der Waals surface area contributed by atoms with E-state index < -0.39 is 16.1 Å². The Labute approximate surface area is 197 Å². The molecule has 9 heteroatoms. The van der Waals surface area contributed by atoms with Gasteiger partial charge < -0.3 is 0 Å². The topological polar surface area (TPSA) is 80.5 Å². The van der Waals surface area contributed by atoms with Gasteiger partial charge in [-0.25, -0.2) is 4.90 Å². The number of halogens is 1. The molecule has 0 saturated carbocycles. The maximum absolute atomic E-state index is 12.8. The highest BCUT2D eigenvalue weighted by Crippen LogP contribution is 2.38. The first-order valence-corrected chi connectivity index (χ1v) is 11.4. The van der Waals surface area contributed by atoms with E-state index in [1.807, 2.05) is 31.2 Å². The Morgan fingerprint density at radius 3 is 2.38 bits per heavy atom. The molecule has 0 unspecified atom stereocenters. The molecule has 2 amide bonds. The minimum Gasteiger partial charge on any atom is -0.268 e. The summed E-state index contributed by atoms with van der Waals surface area (Å²) < 4.78 is 0. The Morgan fingerprint density at radius 1 is 1.03 bits per heavy atom. The molecule has 0 radical (unpaired) electrons. The van der Waals surface area contributed by atoms with Crippen LogP contribution >= 0.6 is 35.1 Å². The van der Waals surface area contributed by atoms with Crippen LogP contribution in [0.4, 0.5) is 16.2 Å². The molecule has 6 nitrogen and oxygen atoms in total. The highest BCUT2D eigenvalue weighted by Gasteiger charge is 2.36. The van der Waals surface area contributed by atoms with Crippen LogP contribution in [0.3, 0.4) is 0 Å². The average molecular weight is 483 g/mol. The third-order valence-electron chi connectivity index (χ3n) is 4.60. The molecule has 3 aromatic rings. The molecule has 4 rings (SSSR count). The van der Waals surface area contributed by atoms with Gasteiger partial charge in [0.15, 0.2) is 0 Å². The third-order valence-corrected chi connectivity index (χ3v) is 6.80. The first-order valence-electron chi connectivity index (χ1n) is 9.38. The Hall–Kier alpha value is -3.07. The van der Waals surface area contributed by atoms with Crippen LogP contribution in [-0.2, 0) is 4.79 Å². The molecule has 1 aliphatic heterocycles. The fourth-order valence-electron chi connectivity index (χ4n) is 3.02. The van der Waals surface area contributed by atoms with Gasteiger partial charge in [0.1, 0.15) is 0 Å². The van der Waals surface area contributed by atoms with E-state index >= 15 is 0 Å². The van der Waals surface area contributed by atoms with Crippen molar-refractivity contribution in [2.24, 2.45) is 0 Å². The normalized spacial score (nSPS) is 14.9. The molecule has 1 fully saturated rings. The first kappa shape index (κ1) is 22.1. The smallest absolute Gasteiger partial charge is 0.268 e. The summed E-state index contributed by atoms with van der Waals surface area (Å²) in [6.07, 6.45) is 1.49. The number of nitro groups is 1. The number of nitro benzene ring substituents is 1. The van der Waals surface area contributed by atoms with Gasteiger partial charge in [-0.1, -0.05) is 47.1 Å². The monoisotopic (exact) mass is 482 g/mol. The van der Waals surface area contributed by atoms with E-state index in [0.717, 1.165) is 27.1 Å². The van der Waals surface area contributed by atoms with Gasteiger partial charge in [-0.05, 0) is 72.8 Å². The second kappa shape index (κ2) is 9.20. The van der Waals surface area contributed by atoms with Crippen molar-refractivity contribution in [1.82, 2.24) is 0 Å². The Bertz CT molecular complexity index is 1260. The Morgan fingerprint density at radius 2 is 1.72 bits per heavy atom. The van der Waals surface area contributed by atoms with Crippen LogP contribution in [0, 0.1) is 17.0 Å². The van der Waals surface area contributed by atoms with Gasteiger partial charge in [-0.3, -0.25) is 19.7 Å². The molecule has 0 spiro atoms. The Kier molecular flexibility index (Phi) is 6.36. The molecular formula is C23H15ClN2O4S2. The molecule has 0 bridgehead atoms. The number of benzene rings is 3. The maximum atomic E-state index is 12.8. The van der Waals surface area contributed by atoms with Crippen LogP contribution in [0.2, 0.25) is 5.02 Å². The number of carbonyl (C=O) groups is 2. The molecule has 3 aromatic carbocycles. The minimum atomic E-state index is -0.483. The van der Waals surface area contributed by atoms with E-state index in [-0.39, 0.29) is 10.6 Å². The lowest BCUT2D eigenvalue weighted by molar-refractivity contribution is -0.387. The number of hydrogen-bond acceptors (Lipinski definition) is 6. The second-order valence-electron chi connectivity index (χ2n) is 6.89. The van der Waals surface area contributed by atoms with Crippen molar-refractivity contribution in [3.63, 3.8) is 0 Å². The number of hydrogen-bond donors (Lipinski definition) is 0. The van der Waals surface area contributed by atoms with Crippen LogP contribution in [0.25, 0.3) is 6.08 Å². The van der Waals surface area contributed by atoms with Crippen molar-refractivity contribution < 1.29 is 14.5 Å². The van der Waals surface area contributed by atoms with Gasteiger partial charge in [0, 0.05) is 16.0 Å². The molecule has 0 aliphatic carbocycles. The number of imide groups is 1. The molecule has 0 aromatic heterocycles. The van der Waals surface area contributed by atoms with Gasteiger partial charge in [0.2, 0.25) is 0 Å². The SMILES string of the molecule is Cc1ccc(Sc2ccc(C=C3SC(=O)N(c4ccc(Cl)cc4)C3=O)cc2[N+](=O)[O-])cc1. The van der Waals surface area contributed by atoms with E-state index in [0.29, 0.717) is 21.2 Å². The predicted molar refractivity (Wildman–Crippen MR) is 128 cm³/mol. The summed E-state index contributed by atoms with van der Waals surface area (Å²) in [7, 11) is 0. The van der Waals surface area contributed by atoms with Gasteiger partial charge in [0.25, 0.3) is 16.8 Å². The van der Waals surface area contributed by atoms with E-state index in [1.54, 1.807) is 36.4 Å². The Balaban J connectivity index is 1.62. The van der Waals surface area contributed by atoms with E-state index in [4.69, 9.17) is 11.6 Å². The van der Waals surface area contributed by atoms with Crippen LogP contribution in [0.15, 0.2) is 81.4 Å². The van der Waals surface area contributed by atoms with Crippen molar-refractivity contribution in [2.75, 3.05) is 4.90 Å². The summed E-state index contributed by atoms with van der Waals surface area (Å²) >= 11 is 7.96.